The third kappa shape index (κ3) is 2.97. The summed E-state index contributed by atoms with van der Waals surface area (Å²) in [7, 11) is 1.84. The summed E-state index contributed by atoms with van der Waals surface area (Å²) in [5, 5.41) is 3.78. The zero-order valence-electron chi connectivity index (χ0n) is 10.9. The van der Waals surface area contributed by atoms with Crippen LogP contribution in [0.4, 0.5) is 5.82 Å². The molecule has 2 aliphatic rings. The predicted octanol–water partition coefficient (Wildman–Crippen LogP) is 2.04. The van der Waals surface area contributed by atoms with E-state index in [2.05, 4.69) is 15.3 Å². The molecule has 1 saturated heterocycles. The molecule has 2 heterocycles. The van der Waals surface area contributed by atoms with Crippen molar-refractivity contribution in [2.45, 2.75) is 37.6 Å². The number of carbonyl (C=O) groups excluding carboxylic acids is 1. The van der Waals surface area contributed by atoms with Crippen LogP contribution in [-0.4, -0.2) is 40.4 Å². The summed E-state index contributed by atoms with van der Waals surface area (Å²) >= 11 is 6.03. The second-order valence-electron chi connectivity index (χ2n) is 5.36. The minimum atomic E-state index is 0.140. The number of carbonyl (C=O) groups is 1. The second kappa shape index (κ2) is 4.96. The first-order valence-electron chi connectivity index (χ1n) is 6.67. The van der Waals surface area contributed by atoms with Gasteiger partial charge in [-0.05, 0) is 19.3 Å². The molecule has 2 fully saturated rings. The normalized spacial score (nSPS) is 23.6. The van der Waals surface area contributed by atoms with Crippen LogP contribution in [0, 0.1) is 0 Å². The number of nitrogens with one attached hydrogen (secondary N) is 1. The number of aromatic nitrogens is 2. The number of anilines is 1. The fourth-order valence-electron chi connectivity index (χ4n) is 2.31. The van der Waals surface area contributed by atoms with Crippen molar-refractivity contribution >= 4 is 23.3 Å². The van der Waals surface area contributed by atoms with E-state index in [-0.39, 0.29) is 11.9 Å². The molecule has 0 bridgehead atoms. The van der Waals surface area contributed by atoms with Crippen molar-refractivity contribution in [2.24, 2.45) is 0 Å². The molecule has 1 aromatic heterocycles. The Bertz CT molecular complexity index is 503. The SMILES string of the molecule is CN1CCC(Nc2cc(Cl)nc(C3CC3)n2)CC1=O. The van der Waals surface area contributed by atoms with E-state index in [1.807, 2.05) is 7.05 Å². The third-order valence-corrected chi connectivity index (χ3v) is 3.86. The van der Waals surface area contributed by atoms with Crippen LogP contribution in [0.3, 0.4) is 0 Å². The highest BCUT2D eigenvalue weighted by Gasteiger charge is 2.28. The summed E-state index contributed by atoms with van der Waals surface area (Å²) in [6.45, 7) is 0.783. The van der Waals surface area contributed by atoms with Crippen molar-refractivity contribution in [3.05, 3.63) is 17.0 Å². The summed E-state index contributed by atoms with van der Waals surface area (Å²) in [5.41, 5.74) is 0. The lowest BCUT2D eigenvalue weighted by molar-refractivity contribution is -0.132. The van der Waals surface area contributed by atoms with Crippen LogP contribution in [0.25, 0.3) is 0 Å². The molecule has 1 aliphatic carbocycles. The number of hydrogen-bond acceptors (Lipinski definition) is 4. The van der Waals surface area contributed by atoms with Crippen molar-refractivity contribution in [1.29, 1.82) is 0 Å². The highest BCUT2D eigenvalue weighted by Crippen LogP contribution is 2.38. The first-order chi connectivity index (χ1) is 9.11. The summed E-state index contributed by atoms with van der Waals surface area (Å²) < 4.78 is 0. The third-order valence-electron chi connectivity index (χ3n) is 3.67. The number of hydrogen-bond donors (Lipinski definition) is 1. The molecule has 3 rings (SSSR count). The summed E-state index contributed by atoms with van der Waals surface area (Å²) in [6, 6.07) is 1.87. The van der Waals surface area contributed by atoms with Gasteiger partial charge in [0.25, 0.3) is 0 Å². The molecule has 1 atom stereocenters. The largest absolute Gasteiger partial charge is 0.367 e. The van der Waals surface area contributed by atoms with Crippen LogP contribution in [-0.2, 0) is 4.79 Å². The molecule has 0 radical (unpaired) electrons. The first-order valence-corrected chi connectivity index (χ1v) is 7.04. The lowest BCUT2D eigenvalue weighted by atomic mass is 10.1. The number of rotatable bonds is 3. The Morgan fingerprint density at radius 3 is 2.84 bits per heavy atom. The van der Waals surface area contributed by atoms with Gasteiger partial charge in [0.05, 0.1) is 0 Å². The number of nitrogens with zero attached hydrogens (tertiary/aromatic N) is 3. The molecule has 1 aliphatic heterocycles. The lowest BCUT2D eigenvalue weighted by Crippen LogP contribution is -2.41. The first kappa shape index (κ1) is 12.7. The van der Waals surface area contributed by atoms with E-state index in [9.17, 15) is 4.79 Å². The highest BCUT2D eigenvalue weighted by atomic mass is 35.5. The molecule has 0 aromatic carbocycles. The van der Waals surface area contributed by atoms with Gasteiger partial charge in [-0.15, -0.1) is 0 Å². The summed E-state index contributed by atoms with van der Waals surface area (Å²) in [5.74, 6) is 2.21. The highest BCUT2D eigenvalue weighted by molar-refractivity contribution is 6.29. The number of likely N-dealkylation sites (tertiary alicyclic amines) is 1. The van der Waals surface area contributed by atoms with E-state index in [0.29, 0.717) is 17.5 Å². The number of piperidine rings is 1. The molecule has 1 saturated carbocycles. The Kier molecular flexibility index (Phi) is 3.31. The molecule has 5 nitrogen and oxygen atoms in total. The van der Waals surface area contributed by atoms with Gasteiger partial charge in [0.1, 0.15) is 16.8 Å². The van der Waals surface area contributed by atoms with Crippen LogP contribution in [0.1, 0.15) is 37.4 Å². The van der Waals surface area contributed by atoms with E-state index in [0.717, 1.165) is 37.4 Å². The van der Waals surface area contributed by atoms with Crippen molar-refractivity contribution in [1.82, 2.24) is 14.9 Å². The average molecular weight is 281 g/mol. The van der Waals surface area contributed by atoms with Gasteiger partial charge < -0.3 is 10.2 Å². The van der Waals surface area contributed by atoms with E-state index in [4.69, 9.17) is 11.6 Å². The maximum Gasteiger partial charge on any atom is 0.224 e. The molecule has 19 heavy (non-hydrogen) atoms. The molecule has 6 heteroatoms. The van der Waals surface area contributed by atoms with Gasteiger partial charge >= 0.3 is 0 Å². The van der Waals surface area contributed by atoms with E-state index < -0.39 is 0 Å². The van der Waals surface area contributed by atoms with Gasteiger partial charge in [0, 0.05) is 38.0 Å². The molecule has 1 unspecified atom stereocenters. The monoisotopic (exact) mass is 280 g/mol. The zero-order valence-corrected chi connectivity index (χ0v) is 11.7. The van der Waals surface area contributed by atoms with Gasteiger partial charge in [-0.1, -0.05) is 11.6 Å². The molecular weight excluding hydrogens is 264 g/mol. The van der Waals surface area contributed by atoms with Crippen molar-refractivity contribution in [3.8, 4) is 0 Å². The van der Waals surface area contributed by atoms with Gasteiger partial charge in [-0.25, -0.2) is 9.97 Å². The second-order valence-corrected chi connectivity index (χ2v) is 5.74. The minimum Gasteiger partial charge on any atom is -0.367 e. The smallest absolute Gasteiger partial charge is 0.224 e. The van der Waals surface area contributed by atoms with Crippen molar-refractivity contribution in [3.63, 3.8) is 0 Å². The van der Waals surface area contributed by atoms with Gasteiger partial charge in [0.15, 0.2) is 0 Å². The quantitative estimate of drug-likeness (QED) is 0.861. The lowest BCUT2D eigenvalue weighted by Gasteiger charge is -2.29. The Morgan fingerprint density at radius 2 is 2.16 bits per heavy atom. The maximum atomic E-state index is 11.7. The summed E-state index contributed by atoms with van der Waals surface area (Å²) in [6.07, 6.45) is 3.73. The van der Waals surface area contributed by atoms with Gasteiger partial charge in [-0.3, -0.25) is 4.79 Å². The topological polar surface area (TPSA) is 58.1 Å². The number of amides is 1. The maximum absolute atomic E-state index is 11.7. The fourth-order valence-corrected chi connectivity index (χ4v) is 2.50. The van der Waals surface area contributed by atoms with Crippen LogP contribution in [0.2, 0.25) is 5.15 Å². The molecular formula is C13H17ClN4O. The Labute approximate surface area is 117 Å². The predicted molar refractivity (Wildman–Crippen MR) is 73.3 cm³/mol. The van der Waals surface area contributed by atoms with E-state index in [1.165, 1.54) is 0 Å². The van der Waals surface area contributed by atoms with Crippen LogP contribution in [0.5, 0.6) is 0 Å². The Balaban J connectivity index is 1.70. The molecule has 1 amide bonds. The molecule has 0 spiro atoms. The zero-order chi connectivity index (χ0) is 13.4. The molecule has 1 N–H and O–H groups in total. The number of halogens is 1. The van der Waals surface area contributed by atoms with Gasteiger partial charge in [-0.2, -0.15) is 0 Å². The molecule has 1 aromatic rings. The Morgan fingerprint density at radius 1 is 1.37 bits per heavy atom. The average Bonchev–Trinajstić information content (AvgIpc) is 3.17. The Hall–Kier alpha value is -1.36. The van der Waals surface area contributed by atoms with Gasteiger partial charge in [0.2, 0.25) is 5.91 Å². The van der Waals surface area contributed by atoms with E-state index in [1.54, 1.807) is 11.0 Å². The summed E-state index contributed by atoms with van der Waals surface area (Å²) in [4.78, 5) is 22.2. The van der Waals surface area contributed by atoms with Crippen molar-refractivity contribution < 1.29 is 4.79 Å². The fraction of sp³-hybridized carbons (Fsp3) is 0.615. The van der Waals surface area contributed by atoms with E-state index >= 15 is 0 Å². The van der Waals surface area contributed by atoms with Crippen LogP contribution in [0.15, 0.2) is 6.07 Å². The standard InChI is InChI=1S/C13H17ClN4O/c1-18-5-4-9(6-12(18)19)15-11-7-10(14)16-13(17-11)8-2-3-8/h7-9H,2-6H2,1H3,(H,15,16,17). The minimum absolute atomic E-state index is 0.140. The van der Waals surface area contributed by atoms with Crippen LogP contribution >= 0.6 is 11.6 Å². The molecule has 102 valence electrons. The van der Waals surface area contributed by atoms with Crippen LogP contribution < -0.4 is 5.32 Å². The van der Waals surface area contributed by atoms with Crippen molar-refractivity contribution in [2.75, 3.05) is 18.9 Å².